The summed E-state index contributed by atoms with van der Waals surface area (Å²) in [7, 11) is 4.42. The summed E-state index contributed by atoms with van der Waals surface area (Å²) in [5, 5.41) is 0.537. The van der Waals surface area contributed by atoms with E-state index in [1.165, 1.54) is 21.3 Å². The molecular weight excluding hydrogens is 430 g/mol. The van der Waals surface area contributed by atoms with Crippen molar-refractivity contribution < 1.29 is 32.9 Å². The topological polar surface area (TPSA) is 119 Å². The Morgan fingerprint density at radius 3 is 2.33 bits per heavy atom. The van der Waals surface area contributed by atoms with Crippen molar-refractivity contribution >= 4 is 16.9 Å². The van der Waals surface area contributed by atoms with Crippen molar-refractivity contribution in [3.05, 3.63) is 69.4 Å². The Morgan fingerprint density at radius 1 is 1.06 bits per heavy atom. The second-order valence-electron chi connectivity index (χ2n) is 7.12. The van der Waals surface area contributed by atoms with Gasteiger partial charge in [-0.2, -0.15) is 0 Å². The van der Waals surface area contributed by atoms with E-state index in [2.05, 4.69) is 0 Å². The molecule has 1 aromatic heterocycles. The number of rotatable bonds is 6. The van der Waals surface area contributed by atoms with E-state index in [0.717, 1.165) is 0 Å². The zero-order valence-electron chi connectivity index (χ0n) is 18.6. The highest BCUT2D eigenvalue weighted by Gasteiger charge is 2.40. The van der Waals surface area contributed by atoms with Crippen LogP contribution < -0.4 is 30.3 Å². The highest BCUT2D eigenvalue weighted by molar-refractivity contribution is 5.94. The largest absolute Gasteiger partial charge is 0.493 e. The number of hydrogen-bond donors (Lipinski definition) is 1. The minimum atomic E-state index is -0.970. The van der Waals surface area contributed by atoms with E-state index < -0.39 is 17.5 Å². The first kappa shape index (κ1) is 22.1. The molecule has 3 aromatic rings. The number of para-hydroxylation sites is 1. The van der Waals surface area contributed by atoms with Gasteiger partial charge in [-0.3, -0.25) is 0 Å². The monoisotopic (exact) mass is 453 g/mol. The van der Waals surface area contributed by atoms with Gasteiger partial charge in [-0.15, -0.1) is 0 Å². The standard InChI is InChI=1S/C24H23NO8/c1-5-31-23(26)19-17(12-10-15(28-2)21(30-4)16(11-12)29-3)18-20(33-22(19)25)13-8-6-7-9-14(13)32-24(18)27/h6-11,17H,5,25H2,1-4H3/t17-/m1/s1. The van der Waals surface area contributed by atoms with Gasteiger partial charge in [-0.1, -0.05) is 12.1 Å². The van der Waals surface area contributed by atoms with Crippen molar-refractivity contribution in [1.82, 2.24) is 0 Å². The number of benzene rings is 2. The number of hydrogen-bond acceptors (Lipinski definition) is 9. The maximum absolute atomic E-state index is 13.2. The number of ether oxygens (including phenoxy) is 5. The van der Waals surface area contributed by atoms with Gasteiger partial charge in [0.2, 0.25) is 11.6 Å². The molecule has 2 N–H and O–H groups in total. The van der Waals surface area contributed by atoms with Gasteiger partial charge in [0.05, 0.1) is 44.8 Å². The van der Waals surface area contributed by atoms with Crippen LogP contribution in [0, 0.1) is 0 Å². The molecule has 1 aliphatic rings. The molecule has 172 valence electrons. The Kier molecular flexibility index (Phi) is 5.87. The van der Waals surface area contributed by atoms with Crippen molar-refractivity contribution in [3.8, 4) is 23.0 Å². The summed E-state index contributed by atoms with van der Waals surface area (Å²) in [4.78, 5) is 26.1. The number of nitrogens with two attached hydrogens (primary N) is 1. The van der Waals surface area contributed by atoms with Crippen LogP contribution in [0.2, 0.25) is 0 Å². The number of carbonyl (C=O) groups excluding carboxylic acids is 1. The molecule has 0 bridgehead atoms. The second kappa shape index (κ2) is 8.78. The van der Waals surface area contributed by atoms with E-state index in [1.54, 1.807) is 43.3 Å². The van der Waals surface area contributed by atoms with Crippen LogP contribution in [0.25, 0.3) is 11.0 Å². The van der Waals surface area contributed by atoms with E-state index >= 15 is 0 Å². The van der Waals surface area contributed by atoms with Crippen LogP contribution in [-0.2, 0) is 9.53 Å². The van der Waals surface area contributed by atoms with Gasteiger partial charge in [-0.05, 0) is 36.8 Å². The first-order valence-electron chi connectivity index (χ1n) is 10.1. The minimum absolute atomic E-state index is 0.0267. The molecule has 2 heterocycles. The molecule has 0 unspecified atom stereocenters. The van der Waals surface area contributed by atoms with Crippen LogP contribution in [-0.4, -0.2) is 33.9 Å². The number of fused-ring (bicyclic) bond motifs is 3. The molecule has 1 aliphatic heterocycles. The molecule has 9 nitrogen and oxygen atoms in total. The van der Waals surface area contributed by atoms with Crippen LogP contribution in [0.5, 0.6) is 23.0 Å². The lowest BCUT2D eigenvalue weighted by atomic mass is 9.83. The third-order valence-electron chi connectivity index (χ3n) is 5.37. The van der Waals surface area contributed by atoms with E-state index in [4.69, 9.17) is 33.8 Å². The zero-order chi connectivity index (χ0) is 23.7. The normalized spacial score (nSPS) is 15.0. The summed E-state index contributed by atoms with van der Waals surface area (Å²) < 4.78 is 32.9. The van der Waals surface area contributed by atoms with Gasteiger partial charge in [0.15, 0.2) is 17.2 Å². The van der Waals surface area contributed by atoms with Crippen LogP contribution in [0.15, 0.2) is 57.1 Å². The Labute approximate surface area is 189 Å². The predicted octanol–water partition coefficient (Wildman–Crippen LogP) is 3.08. The summed E-state index contributed by atoms with van der Waals surface area (Å²) in [5.41, 5.74) is 6.45. The smallest absolute Gasteiger partial charge is 0.344 e. The number of carbonyl (C=O) groups is 1. The Hall–Kier alpha value is -4.14. The van der Waals surface area contributed by atoms with E-state index in [-0.39, 0.29) is 29.4 Å². The summed E-state index contributed by atoms with van der Waals surface area (Å²) in [5.74, 6) is -0.606. The average Bonchev–Trinajstić information content (AvgIpc) is 2.82. The molecule has 0 radical (unpaired) electrons. The summed E-state index contributed by atoms with van der Waals surface area (Å²) in [6.45, 7) is 1.78. The molecule has 0 spiro atoms. The average molecular weight is 453 g/mol. The SMILES string of the molecule is CCOC(=O)C1=C(N)Oc2c(c(=O)oc3ccccc23)[C@H]1c1cc(OC)c(OC)c(OC)c1. The van der Waals surface area contributed by atoms with Gasteiger partial charge in [0, 0.05) is 0 Å². The van der Waals surface area contributed by atoms with Crippen molar-refractivity contribution in [2.75, 3.05) is 27.9 Å². The van der Waals surface area contributed by atoms with E-state index in [1.807, 2.05) is 0 Å². The van der Waals surface area contributed by atoms with Gasteiger partial charge in [0.25, 0.3) is 0 Å². The van der Waals surface area contributed by atoms with Gasteiger partial charge >= 0.3 is 11.6 Å². The van der Waals surface area contributed by atoms with Crippen molar-refractivity contribution in [3.63, 3.8) is 0 Å². The highest BCUT2D eigenvalue weighted by Crippen LogP contribution is 2.48. The molecule has 2 aromatic carbocycles. The zero-order valence-corrected chi connectivity index (χ0v) is 18.6. The molecule has 4 rings (SSSR count). The minimum Gasteiger partial charge on any atom is -0.493 e. The third-order valence-corrected chi connectivity index (χ3v) is 5.37. The lowest BCUT2D eigenvalue weighted by Gasteiger charge is -2.28. The second-order valence-corrected chi connectivity index (χ2v) is 7.12. The first-order valence-corrected chi connectivity index (χ1v) is 10.1. The molecule has 0 saturated carbocycles. The fourth-order valence-electron chi connectivity index (χ4n) is 3.97. The Morgan fingerprint density at radius 2 is 1.73 bits per heavy atom. The Bertz CT molecular complexity index is 1300. The van der Waals surface area contributed by atoms with Gasteiger partial charge in [0.1, 0.15) is 11.2 Å². The fourth-order valence-corrected chi connectivity index (χ4v) is 3.97. The molecule has 0 aliphatic carbocycles. The molecule has 9 heteroatoms. The van der Waals surface area contributed by atoms with Crippen LogP contribution in [0.3, 0.4) is 0 Å². The third kappa shape index (κ3) is 3.61. The maximum atomic E-state index is 13.2. The fraction of sp³-hybridized carbons (Fsp3) is 0.250. The summed E-state index contributed by atoms with van der Waals surface area (Å²) >= 11 is 0. The Balaban J connectivity index is 2.07. The lowest BCUT2D eigenvalue weighted by Crippen LogP contribution is -2.31. The van der Waals surface area contributed by atoms with Gasteiger partial charge in [-0.25, -0.2) is 9.59 Å². The number of esters is 1. The van der Waals surface area contributed by atoms with Crippen molar-refractivity contribution in [2.45, 2.75) is 12.8 Å². The molecular formula is C24H23NO8. The maximum Gasteiger partial charge on any atom is 0.344 e. The van der Waals surface area contributed by atoms with Crippen molar-refractivity contribution in [1.29, 1.82) is 0 Å². The van der Waals surface area contributed by atoms with Crippen LogP contribution >= 0.6 is 0 Å². The quantitative estimate of drug-likeness (QED) is 0.443. The predicted molar refractivity (Wildman–Crippen MR) is 119 cm³/mol. The lowest BCUT2D eigenvalue weighted by molar-refractivity contribution is -0.139. The molecule has 33 heavy (non-hydrogen) atoms. The van der Waals surface area contributed by atoms with Crippen LogP contribution in [0.1, 0.15) is 24.0 Å². The molecule has 0 fully saturated rings. The van der Waals surface area contributed by atoms with Gasteiger partial charge < -0.3 is 33.8 Å². The van der Waals surface area contributed by atoms with Crippen molar-refractivity contribution in [2.24, 2.45) is 5.73 Å². The van der Waals surface area contributed by atoms with E-state index in [0.29, 0.717) is 33.8 Å². The summed E-state index contributed by atoms with van der Waals surface area (Å²) in [6, 6.07) is 10.2. The number of methoxy groups -OCH3 is 3. The first-order chi connectivity index (χ1) is 15.9. The van der Waals surface area contributed by atoms with E-state index in [9.17, 15) is 9.59 Å². The molecule has 1 atom stereocenters. The molecule has 0 saturated heterocycles. The highest BCUT2D eigenvalue weighted by atomic mass is 16.5. The summed E-state index contributed by atoms with van der Waals surface area (Å²) in [6.07, 6.45) is 0. The van der Waals surface area contributed by atoms with Crippen LogP contribution in [0.4, 0.5) is 0 Å². The molecule has 0 amide bonds.